The predicted molar refractivity (Wildman–Crippen MR) is 79.0 cm³/mol. The number of hydrogen-bond donors (Lipinski definition) is 0. The van der Waals surface area contributed by atoms with Crippen molar-refractivity contribution >= 4 is 6.41 Å². The average molecular weight is 269 g/mol. The summed E-state index contributed by atoms with van der Waals surface area (Å²) in [6.45, 7) is 0.788. The summed E-state index contributed by atoms with van der Waals surface area (Å²) in [7, 11) is 0. The van der Waals surface area contributed by atoms with Crippen molar-refractivity contribution in [3.05, 3.63) is 35.9 Å². The van der Waals surface area contributed by atoms with E-state index in [1.165, 1.54) is 44.1 Å². The number of carbonyl (C=O) groups excluding carboxylic acids is 1. The first-order valence-electron chi connectivity index (χ1n) is 8.03. The summed E-state index contributed by atoms with van der Waals surface area (Å²) in [4.78, 5) is 13.9. The molecule has 0 unspecified atom stereocenters. The monoisotopic (exact) mass is 269 g/mol. The van der Waals surface area contributed by atoms with Crippen LogP contribution in [0.2, 0.25) is 0 Å². The molecule has 0 atom stereocenters. The summed E-state index contributed by atoms with van der Waals surface area (Å²) in [6, 6.07) is 10.4. The molecule has 1 aromatic rings. The molecule has 0 heterocycles. The van der Waals surface area contributed by atoms with Gasteiger partial charge >= 0.3 is 0 Å². The van der Waals surface area contributed by atoms with Crippen LogP contribution in [-0.2, 0) is 11.3 Å². The molecule has 0 aliphatic heterocycles. The topological polar surface area (TPSA) is 20.3 Å². The van der Waals surface area contributed by atoms with E-state index < -0.39 is 0 Å². The summed E-state index contributed by atoms with van der Waals surface area (Å²) >= 11 is 0. The molecule has 4 aliphatic rings. The SMILES string of the molecule is O=CN(Cc1ccccc1)C12CC3CC(CC(C3)C1)C2. The van der Waals surface area contributed by atoms with E-state index in [4.69, 9.17) is 0 Å². The molecule has 4 fully saturated rings. The number of rotatable bonds is 4. The Morgan fingerprint density at radius 1 is 1.00 bits per heavy atom. The van der Waals surface area contributed by atoms with Gasteiger partial charge in [0.2, 0.25) is 6.41 Å². The normalized spacial score (nSPS) is 37.9. The minimum atomic E-state index is 0.187. The minimum Gasteiger partial charge on any atom is -0.335 e. The van der Waals surface area contributed by atoms with Crippen LogP contribution in [-0.4, -0.2) is 16.8 Å². The zero-order chi connectivity index (χ0) is 13.6. The van der Waals surface area contributed by atoms with Gasteiger partial charge in [-0.15, -0.1) is 0 Å². The van der Waals surface area contributed by atoms with Crippen LogP contribution in [0.5, 0.6) is 0 Å². The Balaban J connectivity index is 1.59. The highest BCUT2D eigenvalue weighted by Crippen LogP contribution is 2.57. The molecule has 1 aromatic carbocycles. The second-order valence-corrected chi connectivity index (χ2v) is 7.36. The zero-order valence-electron chi connectivity index (χ0n) is 12.0. The third-order valence-electron chi connectivity index (χ3n) is 5.94. The standard InChI is InChI=1S/C18H23NO/c20-13-19(12-14-4-2-1-3-5-14)18-9-15-6-16(10-18)8-17(7-15)11-18/h1-5,13,15-17H,6-12H2. The van der Waals surface area contributed by atoms with Crippen molar-refractivity contribution in [3.63, 3.8) is 0 Å². The van der Waals surface area contributed by atoms with Crippen LogP contribution in [0.25, 0.3) is 0 Å². The maximum Gasteiger partial charge on any atom is 0.210 e. The minimum absolute atomic E-state index is 0.187. The molecule has 2 heteroatoms. The lowest BCUT2D eigenvalue weighted by atomic mass is 9.52. The van der Waals surface area contributed by atoms with E-state index in [2.05, 4.69) is 29.2 Å². The quantitative estimate of drug-likeness (QED) is 0.765. The highest BCUT2D eigenvalue weighted by molar-refractivity contribution is 5.50. The van der Waals surface area contributed by atoms with E-state index in [0.717, 1.165) is 30.7 Å². The number of amides is 1. The molecule has 2 nitrogen and oxygen atoms in total. The number of hydrogen-bond acceptors (Lipinski definition) is 1. The Labute approximate surface area is 121 Å². The Morgan fingerprint density at radius 2 is 1.55 bits per heavy atom. The van der Waals surface area contributed by atoms with Gasteiger partial charge in [-0.25, -0.2) is 0 Å². The Morgan fingerprint density at radius 3 is 2.05 bits per heavy atom. The lowest BCUT2D eigenvalue weighted by molar-refractivity contribution is -0.139. The van der Waals surface area contributed by atoms with Gasteiger partial charge in [-0.2, -0.15) is 0 Å². The summed E-state index contributed by atoms with van der Waals surface area (Å²) in [6.07, 6.45) is 9.17. The molecular formula is C18H23NO. The highest BCUT2D eigenvalue weighted by atomic mass is 16.1. The van der Waals surface area contributed by atoms with Crippen LogP contribution in [0.15, 0.2) is 30.3 Å². The summed E-state index contributed by atoms with van der Waals surface area (Å²) in [5.74, 6) is 2.67. The van der Waals surface area contributed by atoms with Gasteiger partial charge in [-0.05, 0) is 61.8 Å². The Bertz CT molecular complexity index is 460. The average Bonchev–Trinajstić information content (AvgIpc) is 2.44. The molecule has 4 aliphatic carbocycles. The van der Waals surface area contributed by atoms with Gasteiger partial charge in [-0.1, -0.05) is 30.3 Å². The van der Waals surface area contributed by atoms with Crippen LogP contribution in [0.3, 0.4) is 0 Å². The van der Waals surface area contributed by atoms with Crippen LogP contribution in [0, 0.1) is 17.8 Å². The summed E-state index contributed by atoms with van der Waals surface area (Å²) in [5, 5.41) is 0. The first-order valence-corrected chi connectivity index (χ1v) is 8.03. The van der Waals surface area contributed by atoms with Crippen molar-refractivity contribution in [3.8, 4) is 0 Å². The maximum absolute atomic E-state index is 11.8. The van der Waals surface area contributed by atoms with E-state index in [-0.39, 0.29) is 5.54 Å². The second kappa shape index (κ2) is 4.61. The lowest BCUT2D eigenvalue weighted by Crippen LogP contribution is -2.59. The molecule has 106 valence electrons. The van der Waals surface area contributed by atoms with Gasteiger partial charge in [-0.3, -0.25) is 4.79 Å². The second-order valence-electron chi connectivity index (χ2n) is 7.36. The summed E-state index contributed by atoms with van der Waals surface area (Å²) in [5.41, 5.74) is 1.45. The molecule has 0 saturated heterocycles. The van der Waals surface area contributed by atoms with E-state index >= 15 is 0 Å². The largest absolute Gasteiger partial charge is 0.335 e. The smallest absolute Gasteiger partial charge is 0.210 e. The number of carbonyl (C=O) groups is 1. The molecule has 0 spiro atoms. The third kappa shape index (κ3) is 1.97. The molecule has 20 heavy (non-hydrogen) atoms. The van der Waals surface area contributed by atoms with Crippen LogP contribution in [0.1, 0.15) is 44.1 Å². The molecule has 0 aromatic heterocycles. The predicted octanol–water partition coefficient (Wildman–Crippen LogP) is 3.61. The summed E-state index contributed by atoms with van der Waals surface area (Å²) < 4.78 is 0. The van der Waals surface area contributed by atoms with Crippen molar-refractivity contribution in [1.29, 1.82) is 0 Å². The van der Waals surface area contributed by atoms with Crippen molar-refractivity contribution in [1.82, 2.24) is 4.90 Å². The van der Waals surface area contributed by atoms with Gasteiger partial charge in [0.1, 0.15) is 0 Å². The van der Waals surface area contributed by atoms with E-state index in [0.29, 0.717) is 0 Å². The fraction of sp³-hybridized carbons (Fsp3) is 0.611. The molecule has 4 bridgehead atoms. The Hall–Kier alpha value is -1.31. The van der Waals surface area contributed by atoms with Gasteiger partial charge < -0.3 is 4.90 Å². The number of benzene rings is 1. The van der Waals surface area contributed by atoms with Crippen LogP contribution in [0.4, 0.5) is 0 Å². The number of nitrogens with zero attached hydrogens (tertiary/aromatic N) is 1. The van der Waals surface area contributed by atoms with Crippen molar-refractivity contribution < 1.29 is 4.79 Å². The zero-order valence-corrected chi connectivity index (χ0v) is 12.0. The van der Waals surface area contributed by atoms with Crippen molar-refractivity contribution in [2.24, 2.45) is 17.8 Å². The lowest BCUT2D eigenvalue weighted by Gasteiger charge is -2.59. The molecule has 1 amide bonds. The van der Waals surface area contributed by atoms with E-state index in [1.807, 2.05) is 6.07 Å². The molecule has 0 N–H and O–H groups in total. The first kappa shape index (κ1) is 12.4. The molecule has 0 radical (unpaired) electrons. The van der Waals surface area contributed by atoms with Crippen molar-refractivity contribution in [2.75, 3.05) is 0 Å². The molecule has 5 rings (SSSR count). The van der Waals surface area contributed by atoms with Crippen LogP contribution >= 0.6 is 0 Å². The fourth-order valence-electron chi connectivity index (χ4n) is 5.51. The van der Waals surface area contributed by atoms with Crippen LogP contribution < -0.4 is 0 Å². The van der Waals surface area contributed by atoms with Crippen molar-refractivity contribution in [2.45, 2.75) is 50.6 Å². The maximum atomic E-state index is 11.8. The van der Waals surface area contributed by atoms with E-state index in [1.54, 1.807) is 0 Å². The third-order valence-corrected chi connectivity index (χ3v) is 5.94. The van der Waals surface area contributed by atoms with Gasteiger partial charge in [0.15, 0.2) is 0 Å². The first-order chi connectivity index (χ1) is 9.77. The van der Waals surface area contributed by atoms with Gasteiger partial charge in [0, 0.05) is 12.1 Å². The van der Waals surface area contributed by atoms with E-state index in [9.17, 15) is 4.79 Å². The highest BCUT2D eigenvalue weighted by Gasteiger charge is 2.53. The molecular weight excluding hydrogens is 246 g/mol. The van der Waals surface area contributed by atoms with Gasteiger partial charge in [0.05, 0.1) is 0 Å². The fourth-order valence-corrected chi connectivity index (χ4v) is 5.51. The van der Waals surface area contributed by atoms with Gasteiger partial charge in [0.25, 0.3) is 0 Å². The molecule has 4 saturated carbocycles. The Kier molecular flexibility index (Phi) is 2.87.